The number of rotatable bonds is 11. The first-order valence-electron chi connectivity index (χ1n) is 11.6. The molecule has 0 bridgehead atoms. The Morgan fingerprint density at radius 3 is 1.94 bits per heavy atom. The fraction of sp³-hybridized carbons (Fsp3) is 0.200. The average Bonchev–Trinajstić information content (AvgIpc) is 2.87. The first kappa shape index (κ1) is 24.2. The van der Waals surface area contributed by atoms with Crippen LogP contribution < -0.4 is 15.3 Å². The monoisotopic (exact) mass is 469 g/mol. The van der Waals surface area contributed by atoms with E-state index in [-0.39, 0.29) is 6.79 Å². The lowest BCUT2D eigenvalue weighted by atomic mass is 10.1. The molecular weight excluding hydrogens is 437 g/mol. The molecule has 0 saturated carbocycles. The summed E-state index contributed by atoms with van der Waals surface area (Å²) in [5, 5.41) is 2.59. The molecule has 0 N–H and O–H groups in total. The Morgan fingerprint density at radius 2 is 1.29 bits per heavy atom. The van der Waals surface area contributed by atoms with Gasteiger partial charge in [0, 0.05) is 32.0 Å². The van der Waals surface area contributed by atoms with Gasteiger partial charge < -0.3 is 9.47 Å². The SMILES string of the molecule is COCOc1ccccc1Pc1c(C)cccc1CN(Cc1ccccc1)Cc1ccccc1. The van der Waals surface area contributed by atoms with Crippen molar-refractivity contribution in [1.82, 2.24) is 4.90 Å². The summed E-state index contributed by atoms with van der Waals surface area (Å²) in [6.45, 7) is 5.15. The van der Waals surface area contributed by atoms with Crippen LogP contribution in [0, 0.1) is 6.92 Å². The van der Waals surface area contributed by atoms with Crippen LogP contribution in [0.15, 0.2) is 103 Å². The maximum absolute atomic E-state index is 5.85. The minimum Gasteiger partial charge on any atom is -0.467 e. The van der Waals surface area contributed by atoms with Crippen LogP contribution in [0.1, 0.15) is 22.3 Å². The highest BCUT2D eigenvalue weighted by Crippen LogP contribution is 2.24. The van der Waals surface area contributed by atoms with E-state index in [0.29, 0.717) is 8.58 Å². The average molecular weight is 470 g/mol. The predicted octanol–water partition coefficient (Wildman–Crippen LogP) is 5.81. The zero-order valence-electron chi connectivity index (χ0n) is 19.9. The molecule has 0 aromatic heterocycles. The highest BCUT2D eigenvalue weighted by molar-refractivity contribution is 7.56. The molecule has 34 heavy (non-hydrogen) atoms. The van der Waals surface area contributed by atoms with Gasteiger partial charge in [-0.25, -0.2) is 0 Å². The van der Waals surface area contributed by atoms with E-state index in [4.69, 9.17) is 9.47 Å². The summed E-state index contributed by atoms with van der Waals surface area (Å²) in [6.07, 6.45) is 0. The highest BCUT2D eigenvalue weighted by Gasteiger charge is 2.14. The zero-order valence-corrected chi connectivity index (χ0v) is 20.9. The highest BCUT2D eigenvalue weighted by atomic mass is 31.1. The molecular formula is C30H32NO2P. The van der Waals surface area contributed by atoms with E-state index in [1.807, 2.05) is 12.1 Å². The number of nitrogens with zero attached hydrogens (tertiary/aromatic N) is 1. The number of hydrogen-bond donors (Lipinski definition) is 0. The topological polar surface area (TPSA) is 21.7 Å². The molecule has 0 aliphatic heterocycles. The number of para-hydroxylation sites is 1. The first-order chi connectivity index (χ1) is 16.7. The summed E-state index contributed by atoms with van der Waals surface area (Å²) >= 11 is 0. The van der Waals surface area contributed by atoms with Gasteiger partial charge in [0.1, 0.15) is 5.75 Å². The van der Waals surface area contributed by atoms with Gasteiger partial charge in [-0.05, 0) is 40.5 Å². The second-order valence-electron chi connectivity index (χ2n) is 8.40. The Labute approximate surface area is 205 Å². The number of benzene rings is 4. The zero-order chi connectivity index (χ0) is 23.6. The van der Waals surface area contributed by atoms with Crippen molar-refractivity contribution in [2.75, 3.05) is 13.9 Å². The van der Waals surface area contributed by atoms with Crippen LogP contribution in [0.5, 0.6) is 5.75 Å². The van der Waals surface area contributed by atoms with Crippen LogP contribution in [0.3, 0.4) is 0 Å². The van der Waals surface area contributed by atoms with Gasteiger partial charge in [-0.15, -0.1) is 0 Å². The fourth-order valence-corrected chi connectivity index (χ4v) is 5.41. The minimum absolute atomic E-state index is 0.254. The third-order valence-electron chi connectivity index (χ3n) is 5.73. The first-order valence-corrected chi connectivity index (χ1v) is 12.6. The maximum atomic E-state index is 5.85. The van der Waals surface area contributed by atoms with E-state index >= 15 is 0 Å². The quantitative estimate of drug-likeness (QED) is 0.204. The van der Waals surface area contributed by atoms with Gasteiger partial charge in [0.15, 0.2) is 6.79 Å². The molecule has 0 heterocycles. The molecule has 4 heteroatoms. The third kappa shape index (κ3) is 6.77. The Bertz CT molecular complexity index is 1120. The van der Waals surface area contributed by atoms with Gasteiger partial charge in [-0.3, -0.25) is 4.90 Å². The van der Waals surface area contributed by atoms with Crippen LogP contribution in [-0.2, 0) is 24.4 Å². The van der Waals surface area contributed by atoms with Crippen molar-refractivity contribution in [2.24, 2.45) is 0 Å². The Balaban J connectivity index is 1.61. The van der Waals surface area contributed by atoms with Crippen molar-refractivity contribution in [2.45, 2.75) is 26.6 Å². The van der Waals surface area contributed by atoms with Gasteiger partial charge >= 0.3 is 0 Å². The fourth-order valence-electron chi connectivity index (χ4n) is 4.08. The van der Waals surface area contributed by atoms with Crippen molar-refractivity contribution in [3.63, 3.8) is 0 Å². The molecule has 4 rings (SSSR count). The van der Waals surface area contributed by atoms with Crippen molar-refractivity contribution >= 4 is 19.2 Å². The molecule has 174 valence electrons. The lowest BCUT2D eigenvalue weighted by Crippen LogP contribution is -2.26. The van der Waals surface area contributed by atoms with Crippen LogP contribution in [-0.4, -0.2) is 18.8 Å². The van der Waals surface area contributed by atoms with Crippen LogP contribution >= 0.6 is 8.58 Å². The summed E-state index contributed by atoms with van der Waals surface area (Å²) < 4.78 is 11.0. The van der Waals surface area contributed by atoms with Gasteiger partial charge in [0.2, 0.25) is 0 Å². The number of aryl methyl sites for hydroxylation is 1. The smallest absolute Gasteiger partial charge is 0.188 e. The third-order valence-corrected chi connectivity index (χ3v) is 7.38. The van der Waals surface area contributed by atoms with Crippen molar-refractivity contribution in [1.29, 1.82) is 0 Å². The summed E-state index contributed by atoms with van der Waals surface area (Å²) in [5.74, 6) is 0.891. The molecule has 3 nitrogen and oxygen atoms in total. The second kappa shape index (κ2) is 12.5. The number of ether oxygens (including phenoxy) is 2. The van der Waals surface area contributed by atoms with Gasteiger partial charge in [-0.2, -0.15) is 0 Å². The Hall–Kier alpha value is -2.97. The molecule has 0 aliphatic carbocycles. The van der Waals surface area contributed by atoms with Gasteiger partial charge in [0.05, 0.1) is 0 Å². The minimum atomic E-state index is 0.254. The number of hydrogen-bond acceptors (Lipinski definition) is 3. The van der Waals surface area contributed by atoms with E-state index in [1.54, 1.807) is 7.11 Å². The molecule has 0 aliphatic rings. The summed E-state index contributed by atoms with van der Waals surface area (Å²) in [4.78, 5) is 2.53. The Kier molecular flexibility index (Phi) is 8.87. The van der Waals surface area contributed by atoms with Crippen molar-refractivity contribution < 1.29 is 9.47 Å². The van der Waals surface area contributed by atoms with Crippen LogP contribution in [0.2, 0.25) is 0 Å². The molecule has 0 amide bonds. The molecule has 1 atom stereocenters. The van der Waals surface area contributed by atoms with Gasteiger partial charge in [-0.1, -0.05) is 106 Å². The van der Waals surface area contributed by atoms with Crippen LogP contribution in [0.25, 0.3) is 0 Å². The summed E-state index contributed by atoms with van der Waals surface area (Å²) in [7, 11) is 2.16. The normalized spacial score (nSPS) is 11.4. The number of methoxy groups -OCH3 is 1. The van der Waals surface area contributed by atoms with E-state index in [2.05, 4.69) is 103 Å². The molecule has 0 saturated heterocycles. The molecule has 1 unspecified atom stereocenters. The molecule has 4 aromatic rings. The largest absolute Gasteiger partial charge is 0.467 e. The molecule has 0 radical (unpaired) electrons. The standard InChI is InChI=1S/C30H32NO2P/c1-24-12-11-17-27(30(24)34-29-19-10-9-18-28(29)33-23-32-2)22-31(20-25-13-5-3-6-14-25)21-26-15-7-4-8-16-26/h3-19,34H,20-23H2,1-2H3. The van der Waals surface area contributed by atoms with Gasteiger partial charge in [0.25, 0.3) is 0 Å². The van der Waals surface area contributed by atoms with E-state index in [9.17, 15) is 0 Å². The second-order valence-corrected chi connectivity index (χ2v) is 9.69. The molecule has 0 spiro atoms. The summed E-state index contributed by atoms with van der Waals surface area (Å²) in [5.41, 5.74) is 5.34. The Morgan fingerprint density at radius 1 is 0.676 bits per heavy atom. The summed E-state index contributed by atoms with van der Waals surface area (Å²) in [6, 6.07) is 36.4. The van der Waals surface area contributed by atoms with Crippen molar-refractivity contribution in [3.8, 4) is 5.75 Å². The van der Waals surface area contributed by atoms with Crippen LogP contribution in [0.4, 0.5) is 0 Å². The van der Waals surface area contributed by atoms with E-state index in [0.717, 1.165) is 25.4 Å². The maximum Gasteiger partial charge on any atom is 0.188 e. The molecule has 0 fully saturated rings. The van der Waals surface area contributed by atoms with Crippen molar-refractivity contribution in [3.05, 3.63) is 125 Å². The lowest BCUT2D eigenvalue weighted by Gasteiger charge is -2.25. The van der Waals surface area contributed by atoms with E-state index in [1.165, 1.54) is 32.9 Å². The van der Waals surface area contributed by atoms with E-state index < -0.39 is 0 Å². The lowest BCUT2D eigenvalue weighted by molar-refractivity contribution is 0.0519. The predicted molar refractivity (Wildman–Crippen MR) is 144 cm³/mol. The molecule has 4 aromatic carbocycles.